The fraction of sp³-hybridized carbons (Fsp3) is 0.182. The van der Waals surface area contributed by atoms with Crippen molar-refractivity contribution in [2.45, 2.75) is 19.4 Å². The number of hydrogen-bond acceptors (Lipinski definition) is 6. The highest BCUT2D eigenvalue weighted by atomic mass is 19.1. The zero-order chi connectivity index (χ0) is 22.1. The Balaban J connectivity index is 1.43. The van der Waals surface area contributed by atoms with Crippen LogP contribution in [-0.4, -0.2) is 22.4 Å². The lowest BCUT2D eigenvalue weighted by Crippen LogP contribution is -2.23. The molecule has 31 heavy (non-hydrogen) atoms. The number of halogens is 1. The summed E-state index contributed by atoms with van der Waals surface area (Å²) in [5.41, 5.74) is 1.45. The van der Waals surface area contributed by atoms with Crippen LogP contribution in [0.3, 0.4) is 0 Å². The molecule has 0 spiro atoms. The van der Waals surface area contributed by atoms with E-state index in [0.29, 0.717) is 36.6 Å². The predicted molar refractivity (Wildman–Crippen MR) is 113 cm³/mol. The second kappa shape index (κ2) is 10.7. The van der Waals surface area contributed by atoms with Gasteiger partial charge in [-0.2, -0.15) is 0 Å². The Morgan fingerprint density at radius 1 is 1.13 bits per heavy atom. The number of hydrogen-bond donors (Lipinski definition) is 2. The molecule has 0 atom stereocenters. The number of nitrogens with one attached hydrogen (secondary N) is 2. The summed E-state index contributed by atoms with van der Waals surface area (Å²) in [5, 5.41) is 16.6. The minimum absolute atomic E-state index is 0.0288. The molecule has 8 nitrogen and oxygen atoms in total. The number of benzene rings is 2. The van der Waals surface area contributed by atoms with Crippen LogP contribution in [0.25, 0.3) is 0 Å². The van der Waals surface area contributed by atoms with Gasteiger partial charge in [-0.25, -0.2) is 9.37 Å². The van der Waals surface area contributed by atoms with Gasteiger partial charge < -0.3 is 15.4 Å². The van der Waals surface area contributed by atoms with Crippen molar-refractivity contribution in [3.63, 3.8) is 0 Å². The molecule has 0 saturated heterocycles. The SMILES string of the molecule is O=C(CCCNc1ccc([N+](=O)[O-])cc1)NCc1cccnc1Oc1cccc(F)c1. The van der Waals surface area contributed by atoms with Gasteiger partial charge in [0.15, 0.2) is 0 Å². The molecule has 0 aliphatic heterocycles. The molecule has 1 aromatic heterocycles. The Hall–Kier alpha value is -4.01. The number of anilines is 1. The first-order valence-corrected chi connectivity index (χ1v) is 9.63. The van der Waals surface area contributed by atoms with Crippen LogP contribution in [0.1, 0.15) is 18.4 Å². The summed E-state index contributed by atoms with van der Waals surface area (Å²) in [7, 11) is 0. The molecule has 0 aliphatic carbocycles. The molecular weight excluding hydrogens is 403 g/mol. The van der Waals surface area contributed by atoms with Crippen molar-refractivity contribution < 1.29 is 18.8 Å². The number of non-ortho nitro benzene ring substituents is 1. The molecule has 0 saturated carbocycles. The van der Waals surface area contributed by atoms with E-state index in [0.717, 1.165) is 5.69 Å². The van der Waals surface area contributed by atoms with Crippen LogP contribution in [0.15, 0.2) is 66.9 Å². The van der Waals surface area contributed by atoms with Gasteiger partial charge in [-0.1, -0.05) is 12.1 Å². The molecule has 0 unspecified atom stereocenters. The Bertz CT molecular complexity index is 1040. The van der Waals surface area contributed by atoms with Crippen molar-refractivity contribution >= 4 is 17.3 Å². The van der Waals surface area contributed by atoms with Crippen LogP contribution in [0.2, 0.25) is 0 Å². The molecule has 0 aliphatic rings. The fourth-order valence-electron chi connectivity index (χ4n) is 2.76. The second-order valence-corrected chi connectivity index (χ2v) is 6.64. The molecular formula is C22H21FN4O4. The number of ether oxygens (including phenoxy) is 1. The van der Waals surface area contributed by atoms with Gasteiger partial charge in [0, 0.05) is 55.2 Å². The van der Waals surface area contributed by atoms with Gasteiger partial charge in [-0.3, -0.25) is 14.9 Å². The van der Waals surface area contributed by atoms with E-state index in [4.69, 9.17) is 4.74 Å². The average Bonchev–Trinajstić information content (AvgIpc) is 2.76. The lowest BCUT2D eigenvalue weighted by Gasteiger charge is -2.11. The number of pyridine rings is 1. The number of rotatable bonds is 10. The molecule has 0 bridgehead atoms. The lowest BCUT2D eigenvalue weighted by molar-refractivity contribution is -0.384. The van der Waals surface area contributed by atoms with Crippen LogP contribution in [-0.2, 0) is 11.3 Å². The van der Waals surface area contributed by atoms with E-state index in [1.807, 2.05) is 0 Å². The third-order valence-electron chi connectivity index (χ3n) is 4.32. The summed E-state index contributed by atoms with van der Waals surface area (Å²) in [4.78, 5) is 26.5. The summed E-state index contributed by atoms with van der Waals surface area (Å²) >= 11 is 0. The number of amides is 1. The van der Waals surface area contributed by atoms with Gasteiger partial charge >= 0.3 is 0 Å². The zero-order valence-corrected chi connectivity index (χ0v) is 16.6. The van der Waals surface area contributed by atoms with E-state index in [2.05, 4.69) is 15.6 Å². The molecule has 1 heterocycles. The van der Waals surface area contributed by atoms with E-state index >= 15 is 0 Å². The maximum absolute atomic E-state index is 13.3. The van der Waals surface area contributed by atoms with E-state index in [-0.39, 0.29) is 18.1 Å². The van der Waals surface area contributed by atoms with E-state index < -0.39 is 10.7 Å². The summed E-state index contributed by atoms with van der Waals surface area (Å²) in [6, 6.07) is 15.3. The highest BCUT2D eigenvalue weighted by Crippen LogP contribution is 2.23. The molecule has 0 fully saturated rings. The molecule has 2 N–H and O–H groups in total. The minimum Gasteiger partial charge on any atom is -0.439 e. The van der Waals surface area contributed by atoms with Crippen molar-refractivity contribution in [1.82, 2.24) is 10.3 Å². The third-order valence-corrected chi connectivity index (χ3v) is 4.32. The Kier molecular flexibility index (Phi) is 7.47. The largest absolute Gasteiger partial charge is 0.439 e. The van der Waals surface area contributed by atoms with Gasteiger partial charge in [-0.05, 0) is 36.8 Å². The second-order valence-electron chi connectivity index (χ2n) is 6.64. The smallest absolute Gasteiger partial charge is 0.269 e. The fourth-order valence-corrected chi connectivity index (χ4v) is 2.76. The topological polar surface area (TPSA) is 106 Å². The normalized spacial score (nSPS) is 10.4. The number of aromatic nitrogens is 1. The maximum atomic E-state index is 13.3. The van der Waals surface area contributed by atoms with Gasteiger partial charge in [0.25, 0.3) is 5.69 Å². The number of carbonyl (C=O) groups is 1. The van der Waals surface area contributed by atoms with Crippen molar-refractivity contribution in [1.29, 1.82) is 0 Å². The lowest BCUT2D eigenvalue weighted by atomic mass is 10.2. The van der Waals surface area contributed by atoms with Crippen LogP contribution >= 0.6 is 0 Å². The first kappa shape index (κ1) is 21.7. The van der Waals surface area contributed by atoms with Crippen molar-refractivity contribution in [2.75, 3.05) is 11.9 Å². The minimum atomic E-state index is -0.453. The highest BCUT2D eigenvalue weighted by Gasteiger charge is 2.09. The summed E-state index contributed by atoms with van der Waals surface area (Å²) in [6.07, 6.45) is 2.45. The monoisotopic (exact) mass is 424 g/mol. The van der Waals surface area contributed by atoms with E-state index in [9.17, 15) is 19.3 Å². The van der Waals surface area contributed by atoms with Gasteiger partial charge in [-0.15, -0.1) is 0 Å². The summed E-state index contributed by atoms with van der Waals surface area (Å²) in [6.45, 7) is 0.777. The molecule has 0 radical (unpaired) electrons. The summed E-state index contributed by atoms with van der Waals surface area (Å²) < 4.78 is 19.0. The molecule has 3 rings (SSSR count). The maximum Gasteiger partial charge on any atom is 0.269 e. The van der Waals surface area contributed by atoms with Gasteiger partial charge in [0.2, 0.25) is 11.8 Å². The highest BCUT2D eigenvalue weighted by molar-refractivity contribution is 5.75. The first-order valence-electron chi connectivity index (χ1n) is 9.63. The zero-order valence-electron chi connectivity index (χ0n) is 16.6. The number of nitro benzene ring substituents is 1. The molecule has 1 amide bonds. The van der Waals surface area contributed by atoms with Crippen molar-refractivity contribution in [2.24, 2.45) is 0 Å². The summed E-state index contributed by atoms with van der Waals surface area (Å²) in [5.74, 6) is 0.0773. The van der Waals surface area contributed by atoms with Crippen LogP contribution in [0.5, 0.6) is 11.6 Å². The molecule has 3 aromatic rings. The number of nitro groups is 1. The quantitative estimate of drug-likeness (QED) is 0.283. The molecule has 2 aromatic carbocycles. The van der Waals surface area contributed by atoms with E-state index in [1.54, 1.807) is 42.6 Å². The number of nitrogens with zero attached hydrogens (tertiary/aromatic N) is 2. The van der Waals surface area contributed by atoms with Crippen molar-refractivity contribution in [3.8, 4) is 11.6 Å². The van der Waals surface area contributed by atoms with Crippen LogP contribution in [0, 0.1) is 15.9 Å². The predicted octanol–water partition coefficient (Wildman–Crippen LogP) is 4.43. The molecule has 9 heteroatoms. The number of carbonyl (C=O) groups excluding carboxylic acids is 1. The van der Waals surface area contributed by atoms with Crippen molar-refractivity contribution in [3.05, 3.63) is 88.4 Å². The van der Waals surface area contributed by atoms with Gasteiger partial charge in [0.05, 0.1) is 4.92 Å². The Morgan fingerprint density at radius 2 is 1.94 bits per heavy atom. The third kappa shape index (κ3) is 6.77. The Labute approximate surface area is 178 Å². The van der Waals surface area contributed by atoms with E-state index in [1.165, 1.54) is 24.3 Å². The average molecular weight is 424 g/mol. The first-order chi connectivity index (χ1) is 15.0. The molecule has 160 valence electrons. The van der Waals surface area contributed by atoms with Crippen LogP contribution < -0.4 is 15.4 Å². The Morgan fingerprint density at radius 3 is 2.68 bits per heavy atom. The van der Waals surface area contributed by atoms with Gasteiger partial charge in [0.1, 0.15) is 11.6 Å². The standard InChI is InChI=1S/C22H21FN4O4/c23-17-5-1-6-20(14-17)31-22-16(4-2-13-25-22)15-26-21(28)7-3-12-24-18-8-10-19(11-9-18)27(29)30/h1-2,4-6,8-11,13-14,24H,3,7,12,15H2,(H,26,28). The van der Waals surface area contributed by atoms with Crippen LogP contribution in [0.4, 0.5) is 15.8 Å².